The SMILES string of the molecule is CC1CC=CCC1COC(=O)CCNC(=O)c1ccc(Br)cc1. The van der Waals surface area contributed by atoms with Crippen molar-refractivity contribution < 1.29 is 14.3 Å². The number of benzene rings is 1. The van der Waals surface area contributed by atoms with Gasteiger partial charge in [-0.2, -0.15) is 0 Å². The summed E-state index contributed by atoms with van der Waals surface area (Å²) in [7, 11) is 0. The van der Waals surface area contributed by atoms with Gasteiger partial charge in [-0.15, -0.1) is 0 Å². The fourth-order valence-corrected chi connectivity index (χ4v) is 2.76. The van der Waals surface area contributed by atoms with E-state index < -0.39 is 0 Å². The summed E-state index contributed by atoms with van der Waals surface area (Å²) in [6.45, 7) is 2.93. The lowest BCUT2D eigenvalue weighted by molar-refractivity contribution is -0.145. The minimum atomic E-state index is -0.261. The molecule has 2 unspecified atom stereocenters. The summed E-state index contributed by atoms with van der Waals surface area (Å²) in [5.74, 6) is 0.505. The number of amides is 1. The van der Waals surface area contributed by atoms with Gasteiger partial charge in [-0.05, 0) is 48.9 Å². The first-order valence-electron chi connectivity index (χ1n) is 7.90. The van der Waals surface area contributed by atoms with Crippen LogP contribution in [0.3, 0.4) is 0 Å². The van der Waals surface area contributed by atoms with E-state index in [1.54, 1.807) is 12.1 Å². The number of esters is 1. The second-order valence-corrected chi connectivity index (χ2v) is 6.79. The molecule has 0 bridgehead atoms. The Hall–Kier alpha value is -1.62. The van der Waals surface area contributed by atoms with Gasteiger partial charge in [-0.3, -0.25) is 9.59 Å². The molecule has 1 amide bonds. The number of carbonyl (C=O) groups is 2. The Bertz CT molecular complexity index is 568. The third kappa shape index (κ3) is 5.82. The summed E-state index contributed by atoms with van der Waals surface area (Å²) in [6, 6.07) is 7.08. The number of rotatable bonds is 6. The van der Waals surface area contributed by atoms with Crippen molar-refractivity contribution in [2.45, 2.75) is 26.2 Å². The van der Waals surface area contributed by atoms with Crippen molar-refractivity contribution in [3.8, 4) is 0 Å². The van der Waals surface area contributed by atoms with Gasteiger partial charge in [0.05, 0.1) is 13.0 Å². The Balaban J connectivity index is 1.65. The predicted molar refractivity (Wildman–Crippen MR) is 93.1 cm³/mol. The molecule has 0 spiro atoms. The quantitative estimate of drug-likeness (QED) is 0.605. The summed E-state index contributed by atoms with van der Waals surface area (Å²) < 4.78 is 6.25. The molecule has 2 atom stereocenters. The standard InChI is InChI=1S/C18H22BrNO3/c1-13-4-2-3-5-15(13)12-23-17(21)10-11-20-18(22)14-6-8-16(19)9-7-14/h2-3,6-9,13,15H,4-5,10-12H2,1H3,(H,20,22). The zero-order chi connectivity index (χ0) is 16.7. The first-order chi connectivity index (χ1) is 11.1. The maximum Gasteiger partial charge on any atom is 0.307 e. The van der Waals surface area contributed by atoms with E-state index in [9.17, 15) is 9.59 Å². The third-order valence-electron chi connectivity index (χ3n) is 4.10. The molecule has 0 radical (unpaired) electrons. The first-order valence-corrected chi connectivity index (χ1v) is 8.70. The lowest BCUT2D eigenvalue weighted by Gasteiger charge is -2.24. The van der Waals surface area contributed by atoms with Crippen molar-refractivity contribution in [2.75, 3.05) is 13.2 Å². The van der Waals surface area contributed by atoms with Crippen LogP contribution in [-0.4, -0.2) is 25.0 Å². The normalized spacial score (nSPS) is 20.1. The molecule has 0 fully saturated rings. The summed E-state index contributed by atoms with van der Waals surface area (Å²) in [5, 5.41) is 2.73. The molecule has 124 valence electrons. The third-order valence-corrected chi connectivity index (χ3v) is 4.63. The van der Waals surface area contributed by atoms with Crippen molar-refractivity contribution in [3.63, 3.8) is 0 Å². The molecular formula is C18H22BrNO3. The van der Waals surface area contributed by atoms with Gasteiger partial charge in [0.15, 0.2) is 0 Å². The lowest BCUT2D eigenvalue weighted by Crippen LogP contribution is -2.27. The van der Waals surface area contributed by atoms with Crippen LogP contribution in [0.5, 0.6) is 0 Å². The Morgan fingerprint density at radius 3 is 2.61 bits per heavy atom. The molecule has 1 aromatic carbocycles. The Morgan fingerprint density at radius 2 is 1.91 bits per heavy atom. The molecule has 1 N–H and O–H groups in total. The molecule has 2 rings (SSSR count). The highest BCUT2D eigenvalue weighted by atomic mass is 79.9. The number of ether oxygens (including phenoxy) is 1. The maximum absolute atomic E-state index is 11.9. The molecule has 0 saturated heterocycles. The van der Waals surface area contributed by atoms with Crippen LogP contribution >= 0.6 is 15.9 Å². The Kier molecular flexibility index (Phi) is 6.84. The van der Waals surface area contributed by atoms with Gasteiger partial charge in [0.2, 0.25) is 0 Å². The second kappa shape index (κ2) is 8.87. The zero-order valence-electron chi connectivity index (χ0n) is 13.3. The summed E-state index contributed by atoms with van der Waals surface area (Å²) in [4.78, 5) is 23.7. The summed E-state index contributed by atoms with van der Waals surface area (Å²) in [6.07, 6.45) is 6.54. The minimum Gasteiger partial charge on any atom is -0.465 e. The van der Waals surface area contributed by atoms with Gasteiger partial charge in [-0.25, -0.2) is 0 Å². The van der Waals surface area contributed by atoms with Gasteiger partial charge < -0.3 is 10.1 Å². The van der Waals surface area contributed by atoms with Crippen LogP contribution in [-0.2, 0) is 9.53 Å². The largest absolute Gasteiger partial charge is 0.465 e. The molecule has 5 heteroatoms. The highest BCUT2D eigenvalue weighted by Gasteiger charge is 2.19. The fourth-order valence-electron chi connectivity index (χ4n) is 2.49. The average molecular weight is 380 g/mol. The number of hydrogen-bond donors (Lipinski definition) is 1. The Morgan fingerprint density at radius 1 is 1.22 bits per heavy atom. The van der Waals surface area contributed by atoms with Crippen molar-refractivity contribution in [1.82, 2.24) is 5.32 Å². The van der Waals surface area contributed by atoms with Gasteiger partial charge in [0, 0.05) is 16.6 Å². The van der Waals surface area contributed by atoms with E-state index in [1.165, 1.54) is 0 Å². The second-order valence-electron chi connectivity index (χ2n) is 5.88. The number of carbonyl (C=O) groups excluding carboxylic acids is 2. The van der Waals surface area contributed by atoms with E-state index in [2.05, 4.69) is 40.3 Å². The fraction of sp³-hybridized carbons (Fsp3) is 0.444. The van der Waals surface area contributed by atoms with Crippen molar-refractivity contribution >= 4 is 27.8 Å². The summed E-state index contributed by atoms with van der Waals surface area (Å²) in [5.41, 5.74) is 0.574. The monoisotopic (exact) mass is 379 g/mol. The molecule has 23 heavy (non-hydrogen) atoms. The van der Waals surface area contributed by atoms with Crippen molar-refractivity contribution in [3.05, 3.63) is 46.5 Å². The average Bonchev–Trinajstić information content (AvgIpc) is 2.54. The van der Waals surface area contributed by atoms with Crippen LogP contribution in [0.4, 0.5) is 0 Å². The van der Waals surface area contributed by atoms with E-state index in [-0.39, 0.29) is 24.8 Å². The van der Waals surface area contributed by atoms with Gasteiger partial charge >= 0.3 is 5.97 Å². The lowest BCUT2D eigenvalue weighted by atomic mass is 9.85. The number of allylic oxidation sites excluding steroid dienone is 2. The molecule has 0 heterocycles. The molecule has 0 aliphatic heterocycles. The molecular weight excluding hydrogens is 358 g/mol. The van der Waals surface area contributed by atoms with E-state index in [0.717, 1.165) is 17.3 Å². The van der Waals surface area contributed by atoms with E-state index >= 15 is 0 Å². The maximum atomic E-state index is 11.9. The molecule has 1 aromatic rings. The highest BCUT2D eigenvalue weighted by Crippen LogP contribution is 2.25. The van der Waals surface area contributed by atoms with Gasteiger partial charge in [0.25, 0.3) is 5.91 Å². The summed E-state index contributed by atoms with van der Waals surface area (Å²) >= 11 is 3.32. The smallest absolute Gasteiger partial charge is 0.307 e. The number of nitrogens with one attached hydrogen (secondary N) is 1. The first kappa shape index (κ1) is 17.7. The van der Waals surface area contributed by atoms with Crippen LogP contribution in [0, 0.1) is 11.8 Å². The predicted octanol–water partition coefficient (Wildman–Crippen LogP) is 3.71. The highest BCUT2D eigenvalue weighted by molar-refractivity contribution is 9.10. The van der Waals surface area contributed by atoms with E-state index in [0.29, 0.717) is 24.0 Å². The van der Waals surface area contributed by atoms with Gasteiger partial charge in [0.1, 0.15) is 0 Å². The molecule has 0 aromatic heterocycles. The minimum absolute atomic E-state index is 0.184. The van der Waals surface area contributed by atoms with Crippen molar-refractivity contribution in [1.29, 1.82) is 0 Å². The molecule has 0 saturated carbocycles. The van der Waals surface area contributed by atoms with Crippen LogP contribution in [0.25, 0.3) is 0 Å². The number of halogens is 1. The van der Waals surface area contributed by atoms with Gasteiger partial charge in [-0.1, -0.05) is 35.0 Å². The van der Waals surface area contributed by atoms with Crippen LogP contribution < -0.4 is 5.32 Å². The number of hydrogen-bond acceptors (Lipinski definition) is 3. The van der Waals surface area contributed by atoms with Crippen molar-refractivity contribution in [2.24, 2.45) is 11.8 Å². The van der Waals surface area contributed by atoms with Crippen LogP contribution in [0.15, 0.2) is 40.9 Å². The van der Waals surface area contributed by atoms with Crippen LogP contribution in [0.1, 0.15) is 36.5 Å². The molecule has 4 nitrogen and oxygen atoms in total. The van der Waals surface area contributed by atoms with E-state index in [4.69, 9.17) is 4.74 Å². The molecule has 1 aliphatic rings. The molecule has 1 aliphatic carbocycles. The Labute approximate surface area is 145 Å². The topological polar surface area (TPSA) is 55.4 Å². The zero-order valence-corrected chi connectivity index (χ0v) is 14.8. The van der Waals surface area contributed by atoms with Crippen LogP contribution in [0.2, 0.25) is 0 Å². The van der Waals surface area contributed by atoms with E-state index in [1.807, 2.05) is 12.1 Å².